The molecule has 1 N–H and O–H groups in total. The number of aromatic nitrogens is 1. The molecule has 0 aromatic carbocycles. The molecule has 4 rings (SSSR count). The molecule has 1 aromatic heterocycles. The van der Waals surface area contributed by atoms with Crippen LogP contribution in [0.1, 0.15) is 93.8 Å². The summed E-state index contributed by atoms with van der Waals surface area (Å²) in [5.41, 5.74) is 0.377. The highest BCUT2D eigenvalue weighted by Gasteiger charge is 2.31. The third-order valence-corrected chi connectivity index (χ3v) is 5.84. The molecule has 27 heavy (non-hydrogen) atoms. The molecular weight excluding hydrogens is 342 g/mol. The minimum absolute atomic E-state index is 0.115. The third-order valence-electron chi connectivity index (χ3n) is 5.84. The summed E-state index contributed by atoms with van der Waals surface area (Å²) in [5.74, 6) is 1.69. The maximum absolute atomic E-state index is 12.6. The number of nitrogens with zero attached hydrogens (tertiary/aromatic N) is 2. The van der Waals surface area contributed by atoms with Crippen molar-refractivity contribution in [3.05, 3.63) is 17.5 Å². The second kappa shape index (κ2) is 9.38. The van der Waals surface area contributed by atoms with Crippen LogP contribution in [-0.2, 0) is 4.79 Å². The van der Waals surface area contributed by atoms with E-state index in [0.29, 0.717) is 17.5 Å². The Hall–Kier alpha value is -1.85. The van der Waals surface area contributed by atoms with Crippen LogP contribution in [-0.4, -0.2) is 41.0 Å². The van der Waals surface area contributed by atoms with Gasteiger partial charge < -0.3 is 14.7 Å². The van der Waals surface area contributed by atoms with E-state index in [2.05, 4.69) is 10.5 Å². The molecule has 6 heteroatoms. The maximum atomic E-state index is 12.6. The number of hydrogen-bond acceptors (Lipinski definition) is 4. The molecule has 0 spiro atoms. The molecule has 150 valence electrons. The fraction of sp³-hybridized carbons (Fsp3) is 0.762. The van der Waals surface area contributed by atoms with Gasteiger partial charge in [-0.2, -0.15) is 0 Å². The molecule has 2 saturated carbocycles. The van der Waals surface area contributed by atoms with Crippen molar-refractivity contribution in [2.75, 3.05) is 13.1 Å². The van der Waals surface area contributed by atoms with E-state index >= 15 is 0 Å². The van der Waals surface area contributed by atoms with Gasteiger partial charge in [-0.05, 0) is 38.5 Å². The number of carbonyl (C=O) groups is 2. The lowest BCUT2D eigenvalue weighted by Gasteiger charge is -2.35. The number of nitrogens with one attached hydrogen (secondary N) is 1. The molecule has 0 bridgehead atoms. The standard InChI is InChI=1S/C19H27N3O3.C2H6/c23-18(16-12-17(25-21-16)13-6-7-13)20-15-8-10-22(11-9-15)19(24)14-4-2-1-3-5-14;1-2/h12-15H,1-11H2,(H,20,23);1-2H3. The number of hydrogen-bond donors (Lipinski definition) is 1. The highest BCUT2D eigenvalue weighted by atomic mass is 16.5. The summed E-state index contributed by atoms with van der Waals surface area (Å²) in [5, 5.41) is 6.94. The Morgan fingerprint density at radius 1 is 1.04 bits per heavy atom. The predicted octanol–water partition coefficient (Wildman–Crippen LogP) is 3.88. The molecule has 3 fully saturated rings. The first kappa shape index (κ1) is 19.9. The second-order valence-electron chi connectivity index (χ2n) is 7.80. The minimum atomic E-state index is -0.160. The lowest BCUT2D eigenvalue weighted by molar-refractivity contribution is -0.137. The molecule has 1 aromatic rings. The van der Waals surface area contributed by atoms with E-state index in [0.717, 1.165) is 57.4 Å². The van der Waals surface area contributed by atoms with Gasteiger partial charge in [0.15, 0.2) is 5.69 Å². The Kier molecular flexibility index (Phi) is 6.91. The van der Waals surface area contributed by atoms with Crippen molar-refractivity contribution in [2.24, 2.45) is 5.92 Å². The average Bonchev–Trinajstić information content (AvgIpc) is 3.46. The molecule has 2 heterocycles. The van der Waals surface area contributed by atoms with Gasteiger partial charge in [-0.15, -0.1) is 0 Å². The van der Waals surface area contributed by atoms with E-state index in [4.69, 9.17) is 4.52 Å². The number of piperidine rings is 1. The molecule has 1 saturated heterocycles. The van der Waals surface area contributed by atoms with Crippen molar-refractivity contribution >= 4 is 11.8 Å². The predicted molar refractivity (Wildman–Crippen MR) is 103 cm³/mol. The summed E-state index contributed by atoms with van der Waals surface area (Å²) < 4.78 is 5.25. The van der Waals surface area contributed by atoms with Gasteiger partial charge in [-0.1, -0.05) is 38.3 Å². The van der Waals surface area contributed by atoms with Gasteiger partial charge in [-0.25, -0.2) is 0 Å². The quantitative estimate of drug-likeness (QED) is 0.866. The zero-order valence-electron chi connectivity index (χ0n) is 16.7. The van der Waals surface area contributed by atoms with E-state index < -0.39 is 0 Å². The van der Waals surface area contributed by atoms with Crippen LogP contribution in [0, 0.1) is 5.92 Å². The van der Waals surface area contributed by atoms with E-state index in [9.17, 15) is 9.59 Å². The van der Waals surface area contributed by atoms with Gasteiger partial charge in [0, 0.05) is 37.0 Å². The Morgan fingerprint density at radius 3 is 2.33 bits per heavy atom. The van der Waals surface area contributed by atoms with Crippen LogP contribution in [0.2, 0.25) is 0 Å². The topological polar surface area (TPSA) is 75.4 Å². The Morgan fingerprint density at radius 2 is 1.70 bits per heavy atom. The summed E-state index contributed by atoms with van der Waals surface area (Å²) >= 11 is 0. The first-order valence-electron chi connectivity index (χ1n) is 10.8. The van der Waals surface area contributed by atoms with Crippen molar-refractivity contribution in [3.63, 3.8) is 0 Å². The van der Waals surface area contributed by atoms with Crippen LogP contribution in [0.25, 0.3) is 0 Å². The number of amides is 2. The third kappa shape index (κ3) is 5.11. The van der Waals surface area contributed by atoms with Gasteiger partial charge in [0.2, 0.25) is 5.91 Å². The monoisotopic (exact) mass is 375 g/mol. The molecule has 0 atom stereocenters. The lowest BCUT2D eigenvalue weighted by Crippen LogP contribution is -2.48. The molecule has 1 aliphatic heterocycles. The van der Waals surface area contributed by atoms with E-state index in [1.807, 2.05) is 18.7 Å². The minimum Gasteiger partial charge on any atom is -0.360 e. The largest absolute Gasteiger partial charge is 0.360 e. The zero-order valence-corrected chi connectivity index (χ0v) is 16.7. The van der Waals surface area contributed by atoms with Crippen molar-refractivity contribution in [2.45, 2.75) is 83.6 Å². The fourth-order valence-electron chi connectivity index (χ4n) is 4.07. The first-order valence-corrected chi connectivity index (χ1v) is 10.8. The number of carbonyl (C=O) groups excluding carboxylic acids is 2. The summed E-state index contributed by atoms with van der Waals surface area (Å²) in [4.78, 5) is 26.9. The van der Waals surface area contributed by atoms with Gasteiger partial charge >= 0.3 is 0 Å². The van der Waals surface area contributed by atoms with Crippen molar-refractivity contribution < 1.29 is 14.1 Å². The highest BCUT2D eigenvalue weighted by molar-refractivity contribution is 5.92. The maximum Gasteiger partial charge on any atom is 0.273 e. The SMILES string of the molecule is CC.O=C(NC1CCN(C(=O)C2CCCCC2)CC1)c1cc(C2CC2)on1. The number of likely N-dealkylation sites (tertiary alicyclic amines) is 1. The van der Waals surface area contributed by atoms with Gasteiger partial charge in [0.25, 0.3) is 5.91 Å². The smallest absolute Gasteiger partial charge is 0.273 e. The van der Waals surface area contributed by atoms with Crippen LogP contribution < -0.4 is 5.32 Å². The second-order valence-corrected chi connectivity index (χ2v) is 7.80. The van der Waals surface area contributed by atoms with Crippen molar-refractivity contribution in [3.8, 4) is 0 Å². The van der Waals surface area contributed by atoms with Crippen LogP contribution >= 0.6 is 0 Å². The summed E-state index contributed by atoms with van der Waals surface area (Å²) in [6.45, 7) is 5.48. The molecule has 0 unspecified atom stereocenters. The summed E-state index contributed by atoms with van der Waals surface area (Å²) in [7, 11) is 0. The fourth-order valence-corrected chi connectivity index (χ4v) is 4.07. The molecule has 2 amide bonds. The molecule has 0 radical (unpaired) electrons. The van der Waals surface area contributed by atoms with Crippen molar-refractivity contribution in [1.29, 1.82) is 0 Å². The van der Waals surface area contributed by atoms with Gasteiger partial charge in [-0.3, -0.25) is 9.59 Å². The van der Waals surface area contributed by atoms with E-state index in [1.165, 1.54) is 19.3 Å². The van der Waals surface area contributed by atoms with Crippen LogP contribution in [0.4, 0.5) is 0 Å². The molecule has 6 nitrogen and oxygen atoms in total. The summed E-state index contributed by atoms with van der Waals surface area (Å²) in [6, 6.07) is 1.89. The Balaban J connectivity index is 0.00000102. The Bertz CT molecular complexity index is 624. The molecule has 2 aliphatic carbocycles. The zero-order chi connectivity index (χ0) is 19.2. The Labute approximate surface area is 162 Å². The first-order chi connectivity index (χ1) is 13.2. The van der Waals surface area contributed by atoms with Gasteiger partial charge in [0.1, 0.15) is 5.76 Å². The van der Waals surface area contributed by atoms with E-state index in [1.54, 1.807) is 6.07 Å². The number of rotatable bonds is 4. The van der Waals surface area contributed by atoms with E-state index in [-0.39, 0.29) is 17.9 Å². The molecular formula is C21H33N3O3. The van der Waals surface area contributed by atoms with Crippen LogP contribution in [0.3, 0.4) is 0 Å². The highest BCUT2D eigenvalue weighted by Crippen LogP contribution is 2.40. The van der Waals surface area contributed by atoms with Crippen LogP contribution in [0.15, 0.2) is 10.6 Å². The average molecular weight is 376 g/mol. The van der Waals surface area contributed by atoms with Crippen LogP contribution in [0.5, 0.6) is 0 Å². The van der Waals surface area contributed by atoms with Gasteiger partial charge in [0.05, 0.1) is 0 Å². The lowest BCUT2D eigenvalue weighted by atomic mass is 9.87. The van der Waals surface area contributed by atoms with Crippen molar-refractivity contribution in [1.82, 2.24) is 15.4 Å². The molecule has 3 aliphatic rings. The normalized spacial score (nSPS) is 21.3. The summed E-state index contributed by atoms with van der Waals surface area (Å²) in [6.07, 6.45) is 9.62.